The number of rotatable bonds is 7. The first-order valence-corrected chi connectivity index (χ1v) is 10.3. The number of alkyl halides is 3. The zero-order chi connectivity index (χ0) is 21.7. The highest BCUT2D eigenvalue weighted by Gasteiger charge is 2.31. The van der Waals surface area contributed by atoms with E-state index in [4.69, 9.17) is 11.6 Å². The number of carbonyl (C=O) groups excluding carboxylic acids is 1. The van der Waals surface area contributed by atoms with Gasteiger partial charge in [0.25, 0.3) is 0 Å². The van der Waals surface area contributed by atoms with Gasteiger partial charge in [-0.3, -0.25) is 14.6 Å². The molecule has 0 spiro atoms. The highest BCUT2D eigenvalue weighted by atomic mass is 35.5. The number of aromatic nitrogens is 2. The second kappa shape index (κ2) is 9.80. The lowest BCUT2D eigenvalue weighted by Gasteiger charge is -2.34. The minimum Gasteiger partial charge on any atom is -0.334 e. The Morgan fingerprint density at radius 1 is 1.17 bits per heavy atom. The molecule has 6 nitrogen and oxygen atoms in total. The first-order valence-electron chi connectivity index (χ1n) is 9.87. The smallest absolute Gasteiger partial charge is 0.334 e. The maximum absolute atomic E-state index is 12.9. The van der Waals surface area contributed by atoms with Gasteiger partial charge < -0.3 is 9.88 Å². The lowest BCUT2D eigenvalue weighted by Crippen LogP contribution is -2.49. The molecule has 1 aromatic carbocycles. The minimum absolute atomic E-state index is 0.0258. The van der Waals surface area contributed by atoms with E-state index in [1.165, 1.54) is 0 Å². The second-order valence-corrected chi connectivity index (χ2v) is 7.66. The van der Waals surface area contributed by atoms with Gasteiger partial charge in [-0.2, -0.15) is 13.2 Å². The van der Waals surface area contributed by atoms with Gasteiger partial charge >= 0.3 is 6.18 Å². The normalized spacial score (nSPS) is 16.0. The Kier molecular flexibility index (Phi) is 7.38. The van der Waals surface area contributed by atoms with Crippen LogP contribution in [0.2, 0.25) is 5.02 Å². The summed E-state index contributed by atoms with van der Waals surface area (Å²) in [6, 6.07) is 2.90. The lowest BCUT2D eigenvalue weighted by atomic mass is 10.2. The fourth-order valence-electron chi connectivity index (χ4n) is 3.47. The summed E-state index contributed by atoms with van der Waals surface area (Å²) in [5, 5.41) is 2.58. The summed E-state index contributed by atoms with van der Waals surface area (Å²) >= 11 is 5.94. The van der Waals surface area contributed by atoms with Gasteiger partial charge in [0.2, 0.25) is 5.91 Å². The third kappa shape index (κ3) is 5.96. The van der Waals surface area contributed by atoms with E-state index in [-0.39, 0.29) is 23.2 Å². The van der Waals surface area contributed by atoms with Gasteiger partial charge in [0, 0.05) is 58.1 Å². The molecule has 1 aromatic heterocycles. The highest BCUT2D eigenvalue weighted by molar-refractivity contribution is 6.33. The summed E-state index contributed by atoms with van der Waals surface area (Å²) < 4.78 is 40.8. The fraction of sp³-hybridized carbons (Fsp3) is 0.500. The molecule has 0 bridgehead atoms. The average Bonchev–Trinajstić information content (AvgIpc) is 3.16. The molecule has 0 radical (unpaired) electrons. The van der Waals surface area contributed by atoms with Gasteiger partial charge in [0.15, 0.2) is 0 Å². The van der Waals surface area contributed by atoms with Gasteiger partial charge in [-0.1, -0.05) is 18.5 Å². The van der Waals surface area contributed by atoms with Gasteiger partial charge in [-0.15, -0.1) is 0 Å². The van der Waals surface area contributed by atoms with Crippen molar-refractivity contribution < 1.29 is 18.0 Å². The van der Waals surface area contributed by atoms with Gasteiger partial charge in [-0.05, 0) is 18.2 Å². The summed E-state index contributed by atoms with van der Waals surface area (Å²) in [4.78, 5) is 21.0. The molecule has 0 aliphatic carbocycles. The Labute approximate surface area is 178 Å². The van der Waals surface area contributed by atoms with Crippen LogP contribution < -0.4 is 5.32 Å². The van der Waals surface area contributed by atoms with Crippen LogP contribution in [0, 0.1) is 0 Å². The van der Waals surface area contributed by atoms with Crippen molar-refractivity contribution in [2.45, 2.75) is 26.1 Å². The Hall–Kier alpha value is -2.10. The topological polar surface area (TPSA) is 53.4 Å². The third-order valence-corrected chi connectivity index (χ3v) is 5.50. The number of anilines is 1. The highest BCUT2D eigenvalue weighted by Crippen LogP contribution is 2.33. The van der Waals surface area contributed by atoms with Gasteiger partial charge in [0.1, 0.15) is 5.82 Å². The summed E-state index contributed by atoms with van der Waals surface area (Å²) in [5.74, 6) is 0.689. The van der Waals surface area contributed by atoms with Crippen molar-refractivity contribution >= 4 is 23.2 Å². The number of nitrogens with zero attached hydrogens (tertiary/aromatic N) is 4. The van der Waals surface area contributed by atoms with Crippen molar-refractivity contribution in [1.82, 2.24) is 19.4 Å². The third-order valence-electron chi connectivity index (χ3n) is 5.17. The maximum atomic E-state index is 12.9. The Bertz CT molecular complexity index is 862. The number of halogens is 4. The van der Waals surface area contributed by atoms with Crippen LogP contribution in [0.4, 0.5) is 18.9 Å². The van der Waals surface area contributed by atoms with Crippen LogP contribution in [-0.2, 0) is 23.9 Å². The number of aryl methyl sites for hydroxylation is 1. The molecule has 1 fully saturated rings. The Balaban J connectivity index is 1.45. The van der Waals surface area contributed by atoms with Crippen molar-refractivity contribution in [2.75, 3.05) is 44.6 Å². The van der Waals surface area contributed by atoms with Crippen molar-refractivity contribution in [1.29, 1.82) is 0 Å². The first-order chi connectivity index (χ1) is 14.3. The van der Waals surface area contributed by atoms with E-state index in [2.05, 4.69) is 26.7 Å². The maximum Gasteiger partial charge on any atom is 0.416 e. The van der Waals surface area contributed by atoms with Crippen molar-refractivity contribution in [3.8, 4) is 0 Å². The predicted octanol–water partition coefficient (Wildman–Crippen LogP) is 3.37. The average molecular weight is 444 g/mol. The zero-order valence-electron chi connectivity index (χ0n) is 16.8. The van der Waals surface area contributed by atoms with Crippen LogP contribution in [0.5, 0.6) is 0 Å². The van der Waals surface area contributed by atoms with Crippen molar-refractivity contribution in [2.24, 2.45) is 0 Å². The molecule has 1 aliphatic rings. The van der Waals surface area contributed by atoms with Crippen LogP contribution in [0.25, 0.3) is 0 Å². The summed E-state index contributed by atoms with van der Waals surface area (Å²) in [7, 11) is 0. The molecule has 164 valence electrons. The fourth-order valence-corrected chi connectivity index (χ4v) is 3.63. The first kappa shape index (κ1) is 22.6. The molecule has 0 unspecified atom stereocenters. The van der Waals surface area contributed by atoms with E-state index in [1.807, 2.05) is 17.3 Å². The molecule has 3 rings (SSSR count). The number of hydrogen-bond acceptors (Lipinski definition) is 4. The molecule has 0 saturated carbocycles. The van der Waals surface area contributed by atoms with Crippen LogP contribution in [0.3, 0.4) is 0 Å². The van der Waals surface area contributed by atoms with E-state index in [9.17, 15) is 18.0 Å². The summed E-state index contributed by atoms with van der Waals surface area (Å²) in [6.45, 7) is 7.06. The molecular weight excluding hydrogens is 419 g/mol. The minimum atomic E-state index is -4.49. The molecule has 1 saturated heterocycles. The summed E-state index contributed by atoms with van der Waals surface area (Å²) in [6.07, 6.45) is 0.200. The van der Waals surface area contributed by atoms with Crippen molar-refractivity contribution in [3.05, 3.63) is 47.0 Å². The quantitative estimate of drug-likeness (QED) is 0.713. The molecule has 2 aromatic rings. The monoisotopic (exact) mass is 443 g/mol. The number of imidazole rings is 1. The number of nitrogens with one attached hydrogen (secondary N) is 1. The largest absolute Gasteiger partial charge is 0.416 e. The number of hydrogen-bond donors (Lipinski definition) is 1. The second-order valence-electron chi connectivity index (χ2n) is 7.25. The Morgan fingerprint density at radius 2 is 1.87 bits per heavy atom. The predicted molar refractivity (Wildman–Crippen MR) is 110 cm³/mol. The number of benzene rings is 1. The molecular formula is C20H25ClF3N5O. The van der Waals surface area contributed by atoms with Gasteiger partial charge in [0.05, 0.1) is 22.8 Å². The molecule has 1 aliphatic heterocycles. The molecule has 1 N–H and O–H groups in total. The van der Waals surface area contributed by atoms with Crippen LogP contribution in [0.1, 0.15) is 18.3 Å². The summed E-state index contributed by atoms with van der Waals surface area (Å²) in [5.41, 5.74) is -0.873. The van der Waals surface area contributed by atoms with Crippen LogP contribution in [-0.4, -0.2) is 64.5 Å². The van der Waals surface area contributed by atoms with Crippen LogP contribution in [0.15, 0.2) is 30.6 Å². The molecule has 0 atom stereocenters. The van der Waals surface area contributed by atoms with E-state index >= 15 is 0 Å². The molecule has 2 heterocycles. The number of piperazine rings is 1. The number of carbonyl (C=O) groups is 1. The van der Waals surface area contributed by atoms with E-state index in [1.54, 1.807) is 0 Å². The number of amides is 1. The molecule has 30 heavy (non-hydrogen) atoms. The van der Waals surface area contributed by atoms with E-state index in [0.717, 1.165) is 56.6 Å². The van der Waals surface area contributed by atoms with E-state index in [0.29, 0.717) is 13.1 Å². The lowest BCUT2D eigenvalue weighted by molar-refractivity contribution is -0.137. The Morgan fingerprint density at radius 3 is 2.53 bits per heavy atom. The standard InChI is InChI=1S/C20H25ClF3N5O/c1-2-18-25-5-6-29(18)12-11-27-7-9-28(10-8-27)14-19(30)26-17-13-15(20(22,23)24)3-4-16(17)21/h3-6,13H,2,7-12,14H2,1H3,(H,26,30). The van der Waals surface area contributed by atoms with Gasteiger partial charge in [-0.25, -0.2) is 4.98 Å². The SMILES string of the molecule is CCc1nccn1CCN1CCN(CC(=O)Nc2cc(C(F)(F)F)ccc2Cl)CC1. The van der Waals surface area contributed by atoms with E-state index < -0.39 is 11.7 Å². The molecule has 10 heteroatoms. The zero-order valence-corrected chi connectivity index (χ0v) is 17.5. The van der Waals surface area contributed by atoms with Crippen LogP contribution >= 0.6 is 11.6 Å². The van der Waals surface area contributed by atoms with Crippen molar-refractivity contribution in [3.63, 3.8) is 0 Å². The molecule has 1 amide bonds.